The maximum atomic E-state index is 5.49. The van der Waals surface area contributed by atoms with Gasteiger partial charge in [-0.25, -0.2) is 4.98 Å². The van der Waals surface area contributed by atoms with Gasteiger partial charge in [0.15, 0.2) is 0 Å². The number of nitrogens with zero attached hydrogens (tertiary/aromatic N) is 4. The summed E-state index contributed by atoms with van der Waals surface area (Å²) in [5.74, 6) is 0. The molecule has 0 N–H and O–H groups in total. The van der Waals surface area contributed by atoms with Gasteiger partial charge in [-0.1, -0.05) is 164 Å². The molecule has 0 saturated carbocycles. The Bertz CT molecular complexity index is 3550. The minimum atomic E-state index is 0.910. The lowest BCUT2D eigenvalue weighted by Gasteiger charge is -2.18. The number of pyridine rings is 4. The van der Waals surface area contributed by atoms with Crippen LogP contribution in [-0.4, -0.2) is 19.9 Å². The number of aromatic nitrogens is 4. The molecular formula is C62H40N4. The van der Waals surface area contributed by atoms with E-state index in [2.05, 4.69) is 204 Å². The van der Waals surface area contributed by atoms with Crippen LogP contribution in [-0.2, 0) is 0 Å². The van der Waals surface area contributed by atoms with Crippen molar-refractivity contribution in [3.63, 3.8) is 0 Å². The molecule has 0 aliphatic rings. The van der Waals surface area contributed by atoms with Crippen LogP contribution in [0, 0.1) is 0 Å². The Morgan fingerprint density at radius 2 is 0.606 bits per heavy atom. The highest BCUT2D eigenvalue weighted by molar-refractivity contribution is 6.23. The van der Waals surface area contributed by atoms with Crippen LogP contribution in [0.2, 0.25) is 0 Å². The summed E-state index contributed by atoms with van der Waals surface area (Å²) in [6, 6.07) is 79.8. The lowest BCUT2D eigenvalue weighted by Crippen LogP contribution is -1.94. The van der Waals surface area contributed by atoms with Crippen molar-refractivity contribution in [2.24, 2.45) is 0 Å². The molecule has 0 amide bonds. The molecule has 8 aromatic carbocycles. The smallest absolute Gasteiger partial charge is 0.0809 e. The van der Waals surface area contributed by atoms with Crippen LogP contribution in [0.5, 0.6) is 0 Å². The fourth-order valence-corrected chi connectivity index (χ4v) is 9.50. The van der Waals surface area contributed by atoms with E-state index in [0.29, 0.717) is 0 Å². The molecule has 0 spiro atoms. The van der Waals surface area contributed by atoms with Crippen LogP contribution in [0.4, 0.5) is 0 Å². The van der Waals surface area contributed by atoms with E-state index >= 15 is 0 Å². The van der Waals surface area contributed by atoms with Crippen LogP contribution in [0.3, 0.4) is 0 Å². The number of benzene rings is 8. The molecule has 308 valence electrons. The highest BCUT2D eigenvalue weighted by atomic mass is 14.7. The predicted molar refractivity (Wildman–Crippen MR) is 274 cm³/mol. The lowest BCUT2D eigenvalue weighted by atomic mass is 9.86. The first-order valence-electron chi connectivity index (χ1n) is 22.3. The van der Waals surface area contributed by atoms with Gasteiger partial charge >= 0.3 is 0 Å². The lowest BCUT2D eigenvalue weighted by molar-refractivity contribution is 1.33. The Balaban J connectivity index is 1.04. The van der Waals surface area contributed by atoms with Crippen LogP contribution < -0.4 is 0 Å². The molecule has 0 saturated heterocycles. The Labute approximate surface area is 383 Å². The number of hydrogen-bond donors (Lipinski definition) is 0. The average Bonchev–Trinajstić information content (AvgIpc) is 3.41. The summed E-state index contributed by atoms with van der Waals surface area (Å²) in [7, 11) is 0. The zero-order valence-electron chi connectivity index (χ0n) is 35.9. The Hall–Kier alpha value is -8.86. The van der Waals surface area contributed by atoms with Gasteiger partial charge in [0, 0.05) is 51.4 Å². The zero-order chi connectivity index (χ0) is 43.8. The van der Waals surface area contributed by atoms with Gasteiger partial charge in [-0.2, -0.15) is 0 Å². The SMILES string of the molecule is c1ccc(-c2ccc(-c3ccccc3-c3cc(-c4ccccc4-c4ccc(-c5ccccn5)cc4)cc(-c4ccccc4-c4ccc5c6ncccc6c6ccccc6c5n4)c3)cc2)nc1. The van der Waals surface area contributed by atoms with Crippen molar-refractivity contribution in [2.75, 3.05) is 0 Å². The summed E-state index contributed by atoms with van der Waals surface area (Å²) in [6.07, 6.45) is 5.55. The van der Waals surface area contributed by atoms with E-state index in [9.17, 15) is 0 Å². The highest BCUT2D eigenvalue weighted by Crippen LogP contribution is 2.43. The van der Waals surface area contributed by atoms with E-state index in [-0.39, 0.29) is 0 Å². The van der Waals surface area contributed by atoms with Crippen molar-refractivity contribution in [2.45, 2.75) is 0 Å². The van der Waals surface area contributed by atoms with Gasteiger partial charge in [0.2, 0.25) is 0 Å². The van der Waals surface area contributed by atoms with Gasteiger partial charge in [0.1, 0.15) is 0 Å². The van der Waals surface area contributed by atoms with Gasteiger partial charge in [-0.05, 0) is 122 Å². The number of fused-ring (bicyclic) bond motifs is 6. The second-order valence-corrected chi connectivity index (χ2v) is 16.6. The van der Waals surface area contributed by atoms with Crippen LogP contribution in [0.15, 0.2) is 243 Å². The molecule has 0 radical (unpaired) electrons. The third-order valence-electron chi connectivity index (χ3n) is 12.7. The topological polar surface area (TPSA) is 51.6 Å². The van der Waals surface area contributed by atoms with Crippen LogP contribution >= 0.6 is 0 Å². The summed E-state index contributed by atoms with van der Waals surface area (Å²) < 4.78 is 0. The van der Waals surface area contributed by atoms with Gasteiger partial charge in [0.05, 0.1) is 28.1 Å². The van der Waals surface area contributed by atoms with E-state index in [4.69, 9.17) is 9.97 Å². The molecule has 0 aliphatic heterocycles. The minimum Gasteiger partial charge on any atom is -0.256 e. The second-order valence-electron chi connectivity index (χ2n) is 16.6. The van der Waals surface area contributed by atoms with E-state index in [1.54, 1.807) is 0 Å². The number of rotatable bonds is 8. The third-order valence-corrected chi connectivity index (χ3v) is 12.7. The van der Waals surface area contributed by atoms with Crippen molar-refractivity contribution in [3.8, 4) is 89.4 Å². The van der Waals surface area contributed by atoms with Crippen molar-refractivity contribution in [1.29, 1.82) is 0 Å². The molecule has 4 heteroatoms. The standard InChI is InChI=1S/C62H40N4/c1-3-16-50(48(14-1)41-25-29-43(30-26-41)58-23-9-11-35-63-58)45-38-46(51-17-4-2-15-49(51)42-27-31-44(32-28-42)59-24-10-12-36-64-59)40-47(39-45)52-18-5-7-20-54(52)60-34-33-57-61-55(22-13-37-65-61)53-19-6-8-21-56(53)62(57)66-60/h1-40H. The predicted octanol–water partition coefficient (Wildman–Crippen LogP) is 16.1. The van der Waals surface area contributed by atoms with Crippen molar-refractivity contribution in [1.82, 2.24) is 19.9 Å². The maximum absolute atomic E-state index is 5.49. The van der Waals surface area contributed by atoms with Crippen LogP contribution in [0.25, 0.3) is 122 Å². The van der Waals surface area contributed by atoms with Gasteiger partial charge in [-0.3, -0.25) is 15.0 Å². The monoisotopic (exact) mass is 840 g/mol. The molecule has 0 aliphatic carbocycles. The molecule has 0 fully saturated rings. The zero-order valence-corrected chi connectivity index (χ0v) is 35.9. The summed E-state index contributed by atoms with van der Waals surface area (Å²) in [5, 5.41) is 4.45. The Morgan fingerprint density at radius 3 is 1.12 bits per heavy atom. The van der Waals surface area contributed by atoms with Crippen LogP contribution in [0.1, 0.15) is 0 Å². The second kappa shape index (κ2) is 16.7. The van der Waals surface area contributed by atoms with E-state index in [0.717, 1.165) is 122 Å². The third kappa shape index (κ3) is 7.08. The Morgan fingerprint density at radius 1 is 0.212 bits per heavy atom. The summed E-state index contributed by atoms with van der Waals surface area (Å²) in [6.45, 7) is 0. The first-order chi connectivity index (χ1) is 32.7. The van der Waals surface area contributed by atoms with Crippen molar-refractivity contribution in [3.05, 3.63) is 243 Å². The first kappa shape index (κ1) is 38.8. The molecule has 4 heterocycles. The van der Waals surface area contributed by atoms with E-state index in [1.807, 2.05) is 48.9 Å². The fourth-order valence-electron chi connectivity index (χ4n) is 9.50. The Kier molecular flexibility index (Phi) is 9.81. The largest absolute Gasteiger partial charge is 0.256 e. The van der Waals surface area contributed by atoms with Crippen molar-refractivity contribution >= 4 is 32.6 Å². The normalized spacial score (nSPS) is 11.3. The fraction of sp³-hybridized carbons (Fsp3) is 0. The average molecular weight is 841 g/mol. The first-order valence-corrected chi connectivity index (χ1v) is 22.3. The molecule has 4 nitrogen and oxygen atoms in total. The van der Waals surface area contributed by atoms with Gasteiger partial charge < -0.3 is 0 Å². The van der Waals surface area contributed by atoms with Gasteiger partial charge in [0.25, 0.3) is 0 Å². The summed E-state index contributed by atoms with van der Waals surface area (Å²) >= 11 is 0. The minimum absolute atomic E-state index is 0.910. The summed E-state index contributed by atoms with van der Waals surface area (Å²) in [4.78, 5) is 19.5. The van der Waals surface area contributed by atoms with E-state index in [1.165, 1.54) is 0 Å². The molecule has 0 atom stereocenters. The molecule has 0 unspecified atom stereocenters. The number of hydrogen-bond acceptors (Lipinski definition) is 4. The van der Waals surface area contributed by atoms with Gasteiger partial charge in [-0.15, -0.1) is 0 Å². The van der Waals surface area contributed by atoms with E-state index < -0.39 is 0 Å². The molecule has 0 bridgehead atoms. The summed E-state index contributed by atoms with van der Waals surface area (Å²) in [5.41, 5.74) is 19.3. The molecule has 66 heavy (non-hydrogen) atoms. The quantitative estimate of drug-likeness (QED) is 0.143. The maximum Gasteiger partial charge on any atom is 0.0809 e. The molecule has 12 aromatic rings. The molecular weight excluding hydrogens is 801 g/mol. The molecule has 12 rings (SSSR count). The molecule has 4 aromatic heterocycles. The highest BCUT2D eigenvalue weighted by Gasteiger charge is 2.18. The van der Waals surface area contributed by atoms with Crippen molar-refractivity contribution < 1.29 is 0 Å².